The maximum atomic E-state index is 13.1. The second-order valence-corrected chi connectivity index (χ2v) is 8.21. The summed E-state index contributed by atoms with van der Waals surface area (Å²) in [4.78, 5) is 29.2. The third-order valence-corrected chi connectivity index (χ3v) is 5.96. The van der Waals surface area contributed by atoms with Gasteiger partial charge < -0.3 is 19.3 Å². The molecule has 0 saturated carbocycles. The molecule has 0 atom stereocenters. The van der Waals surface area contributed by atoms with Crippen molar-refractivity contribution >= 4 is 17.6 Å². The number of nitrogens with zero attached hydrogens (tertiary/aromatic N) is 4. The molecule has 0 bridgehead atoms. The lowest BCUT2D eigenvalue weighted by Gasteiger charge is -2.31. The second-order valence-electron chi connectivity index (χ2n) is 8.21. The first-order chi connectivity index (χ1) is 16.5. The molecule has 1 saturated heterocycles. The number of amides is 1. The minimum atomic E-state index is -0.392. The lowest BCUT2D eigenvalue weighted by Crippen LogP contribution is -2.37. The largest absolute Gasteiger partial charge is 0.462 e. The van der Waals surface area contributed by atoms with Crippen molar-refractivity contribution < 1.29 is 19.1 Å². The maximum Gasteiger partial charge on any atom is 0.341 e. The first-order valence-electron chi connectivity index (χ1n) is 11.5. The summed E-state index contributed by atoms with van der Waals surface area (Å²) in [5.41, 5.74) is 4.73. The molecule has 2 aromatic carbocycles. The van der Waals surface area contributed by atoms with Gasteiger partial charge in [-0.15, -0.1) is 0 Å². The lowest BCUT2D eigenvalue weighted by atomic mass is 10.1. The van der Waals surface area contributed by atoms with Gasteiger partial charge in [0, 0.05) is 37.9 Å². The molecule has 0 spiro atoms. The highest BCUT2D eigenvalue weighted by atomic mass is 16.5. The van der Waals surface area contributed by atoms with E-state index < -0.39 is 5.97 Å². The van der Waals surface area contributed by atoms with Crippen molar-refractivity contribution in [3.63, 3.8) is 0 Å². The van der Waals surface area contributed by atoms with Crippen molar-refractivity contribution in [1.82, 2.24) is 14.7 Å². The Bertz CT molecular complexity index is 1150. The summed E-state index contributed by atoms with van der Waals surface area (Å²) in [6.45, 7) is 7.53. The van der Waals surface area contributed by atoms with Crippen molar-refractivity contribution in [3.05, 3.63) is 77.1 Å². The summed E-state index contributed by atoms with van der Waals surface area (Å²) in [7, 11) is 1.82. The molecule has 1 aromatic heterocycles. The Morgan fingerprint density at radius 1 is 1.09 bits per heavy atom. The first kappa shape index (κ1) is 23.5. The molecule has 1 fully saturated rings. The van der Waals surface area contributed by atoms with Gasteiger partial charge in [-0.1, -0.05) is 18.2 Å². The van der Waals surface area contributed by atoms with Gasteiger partial charge in [0.2, 0.25) is 0 Å². The normalized spacial score (nSPS) is 13.6. The van der Waals surface area contributed by atoms with Crippen molar-refractivity contribution in [2.45, 2.75) is 20.4 Å². The predicted octanol–water partition coefficient (Wildman–Crippen LogP) is 3.47. The van der Waals surface area contributed by atoms with Crippen LogP contribution < -0.4 is 4.90 Å². The number of benzene rings is 2. The molecule has 8 heteroatoms. The van der Waals surface area contributed by atoms with Gasteiger partial charge in [0.15, 0.2) is 0 Å². The van der Waals surface area contributed by atoms with Gasteiger partial charge in [-0.05, 0) is 49.7 Å². The van der Waals surface area contributed by atoms with Crippen molar-refractivity contribution in [2.24, 2.45) is 0 Å². The van der Waals surface area contributed by atoms with E-state index in [1.807, 2.05) is 38.2 Å². The average molecular weight is 463 g/mol. The van der Waals surface area contributed by atoms with Crippen molar-refractivity contribution in [3.8, 4) is 5.69 Å². The van der Waals surface area contributed by atoms with Gasteiger partial charge in [0.1, 0.15) is 5.56 Å². The Labute approximate surface area is 199 Å². The molecule has 0 N–H and O–H groups in total. The number of carbonyl (C=O) groups is 2. The maximum absolute atomic E-state index is 13.1. The number of esters is 1. The molecule has 3 aromatic rings. The molecule has 1 aliphatic heterocycles. The van der Waals surface area contributed by atoms with Crippen LogP contribution in [0.5, 0.6) is 0 Å². The Morgan fingerprint density at radius 2 is 1.79 bits per heavy atom. The quantitative estimate of drug-likeness (QED) is 0.501. The smallest absolute Gasteiger partial charge is 0.341 e. The van der Waals surface area contributed by atoms with Crippen LogP contribution in [0.2, 0.25) is 0 Å². The van der Waals surface area contributed by atoms with Gasteiger partial charge in [0.05, 0.1) is 37.4 Å². The highest BCUT2D eigenvalue weighted by Crippen LogP contribution is 2.23. The monoisotopic (exact) mass is 462 g/mol. The number of carbonyl (C=O) groups excluding carboxylic acids is 2. The Morgan fingerprint density at radius 3 is 2.50 bits per heavy atom. The third kappa shape index (κ3) is 4.97. The Kier molecular flexibility index (Phi) is 7.27. The summed E-state index contributed by atoms with van der Waals surface area (Å²) in [5.74, 6) is -0.454. The summed E-state index contributed by atoms with van der Waals surface area (Å²) in [5, 5.41) is 4.32. The molecular formula is C26H30N4O4. The standard InChI is InChI=1S/C26H30N4O4/c1-4-34-26(32)23-17-27-30(19(23)2)22-11-9-20(10-12-22)25(31)28(3)18-21-7-5-6-8-24(21)29-13-15-33-16-14-29/h5-12,17H,4,13-16,18H2,1-3H3. The summed E-state index contributed by atoms with van der Waals surface area (Å²) < 4.78 is 12.2. The minimum absolute atomic E-state index is 0.0623. The number of aromatic nitrogens is 2. The number of para-hydroxylation sites is 1. The zero-order valence-electron chi connectivity index (χ0n) is 19.9. The van der Waals surface area contributed by atoms with Crippen LogP contribution in [-0.4, -0.2) is 66.5 Å². The highest BCUT2D eigenvalue weighted by molar-refractivity contribution is 5.94. The Balaban J connectivity index is 1.47. The van der Waals surface area contributed by atoms with E-state index in [9.17, 15) is 9.59 Å². The van der Waals surface area contributed by atoms with E-state index in [2.05, 4.69) is 22.1 Å². The van der Waals surface area contributed by atoms with Crippen LogP contribution >= 0.6 is 0 Å². The average Bonchev–Trinajstić information content (AvgIpc) is 3.26. The summed E-state index contributed by atoms with van der Waals surface area (Å²) in [6, 6.07) is 15.4. The zero-order valence-corrected chi connectivity index (χ0v) is 19.9. The number of hydrogen-bond donors (Lipinski definition) is 0. The van der Waals surface area contributed by atoms with Crippen LogP contribution in [0.1, 0.15) is 38.9 Å². The molecule has 0 aliphatic carbocycles. The number of morpholine rings is 1. The molecule has 1 amide bonds. The van der Waals surface area contributed by atoms with Crippen LogP contribution in [0, 0.1) is 6.92 Å². The fourth-order valence-electron chi connectivity index (χ4n) is 4.13. The van der Waals surface area contributed by atoms with Crippen LogP contribution in [0.3, 0.4) is 0 Å². The molecule has 1 aliphatic rings. The molecular weight excluding hydrogens is 432 g/mol. The SMILES string of the molecule is CCOC(=O)c1cnn(-c2ccc(C(=O)N(C)Cc3ccccc3N3CCOCC3)cc2)c1C. The fraction of sp³-hybridized carbons (Fsp3) is 0.346. The van der Waals surface area contributed by atoms with Crippen LogP contribution in [0.4, 0.5) is 5.69 Å². The van der Waals surface area contributed by atoms with Crippen molar-refractivity contribution in [2.75, 3.05) is 44.9 Å². The van der Waals surface area contributed by atoms with Gasteiger partial charge in [-0.25, -0.2) is 9.48 Å². The molecule has 0 unspecified atom stereocenters. The highest BCUT2D eigenvalue weighted by Gasteiger charge is 2.19. The number of ether oxygens (including phenoxy) is 2. The van der Waals surface area contributed by atoms with E-state index in [1.54, 1.807) is 28.6 Å². The first-order valence-corrected chi connectivity index (χ1v) is 11.5. The predicted molar refractivity (Wildman–Crippen MR) is 130 cm³/mol. The molecule has 178 valence electrons. The van der Waals surface area contributed by atoms with Gasteiger partial charge in [-0.3, -0.25) is 4.79 Å². The van der Waals surface area contributed by atoms with E-state index in [4.69, 9.17) is 9.47 Å². The molecule has 0 radical (unpaired) electrons. The summed E-state index contributed by atoms with van der Waals surface area (Å²) >= 11 is 0. The van der Waals surface area contributed by atoms with E-state index in [0.717, 1.165) is 30.0 Å². The molecule has 8 nitrogen and oxygen atoms in total. The van der Waals surface area contributed by atoms with Gasteiger partial charge in [-0.2, -0.15) is 5.10 Å². The lowest BCUT2D eigenvalue weighted by molar-refractivity contribution is 0.0525. The number of rotatable bonds is 7. The third-order valence-electron chi connectivity index (χ3n) is 5.96. The molecule has 34 heavy (non-hydrogen) atoms. The summed E-state index contributed by atoms with van der Waals surface area (Å²) in [6.07, 6.45) is 1.51. The topological polar surface area (TPSA) is 76.9 Å². The second kappa shape index (κ2) is 10.5. The van der Waals surface area contributed by atoms with Gasteiger partial charge >= 0.3 is 5.97 Å². The Hall–Kier alpha value is -3.65. The molecule has 4 rings (SSSR count). The van der Waals surface area contributed by atoms with Gasteiger partial charge in [0.25, 0.3) is 5.91 Å². The van der Waals surface area contributed by atoms with Crippen molar-refractivity contribution in [1.29, 1.82) is 0 Å². The van der Waals surface area contributed by atoms with Crippen LogP contribution in [0.15, 0.2) is 54.7 Å². The zero-order chi connectivity index (χ0) is 24.1. The van der Waals surface area contributed by atoms with E-state index in [-0.39, 0.29) is 5.91 Å². The number of anilines is 1. The minimum Gasteiger partial charge on any atom is -0.462 e. The van der Waals surface area contributed by atoms with E-state index >= 15 is 0 Å². The van der Waals surface area contributed by atoms with Crippen LogP contribution in [0.25, 0.3) is 5.69 Å². The van der Waals surface area contributed by atoms with E-state index in [1.165, 1.54) is 6.20 Å². The van der Waals surface area contributed by atoms with Crippen LogP contribution in [-0.2, 0) is 16.0 Å². The fourth-order valence-corrected chi connectivity index (χ4v) is 4.13. The van der Waals surface area contributed by atoms with E-state index in [0.29, 0.717) is 43.2 Å². The number of hydrogen-bond acceptors (Lipinski definition) is 6. The molecule has 2 heterocycles.